The SMILES string of the molecule is O=C(/C=C/c1ccc(CN2CCC(Cc3ccccc3)CC2)cc1)NO. The first-order chi connectivity index (χ1) is 12.7. The van der Waals surface area contributed by atoms with Crippen LogP contribution in [0.2, 0.25) is 0 Å². The molecule has 26 heavy (non-hydrogen) atoms. The topological polar surface area (TPSA) is 52.6 Å². The minimum atomic E-state index is -0.521. The molecule has 2 aromatic carbocycles. The minimum absolute atomic E-state index is 0.521. The summed E-state index contributed by atoms with van der Waals surface area (Å²) >= 11 is 0. The second-order valence-electron chi connectivity index (χ2n) is 6.96. The Morgan fingerprint density at radius 2 is 1.73 bits per heavy atom. The van der Waals surface area contributed by atoms with Gasteiger partial charge in [0.05, 0.1) is 0 Å². The van der Waals surface area contributed by atoms with Crippen LogP contribution < -0.4 is 5.48 Å². The third-order valence-corrected chi connectivity index (χ3v) is 5.00. The van der Waals surface area contributed by atoms with E-state index in [1.165, 1.54) is 36.5 Å². The summed E-state index contributed by atoms with van der Waals surface area (Å²) in [6.45, 7) is 3.27. The maximum atomic E-state index is 11.0. The molecule has 0 saturated carbocycles. The fourth-order valence-corrected chi connectivity index (χ4v) is 3.50. The zero-order chi connectivity index (χ0) is 18.2. The highest BCUT2D eigenvalue weighted by Gasteiger charge is 2.19. The third-order valence-electron chi connectivity index (χ3n) is 5.00. The van der Waals surface area contributed by atoms with Gasteiger partial charge in [-0.25, -0.2) is 5.48 Å². The van der Waals surface area contributed by atoms with E-state index in [1.807, 2.05) is 12.1 Å². The summed E-state index contributed by atoms with van der Waals surface area (Å²) in [7, 11) is 0. The molecule has 0 aliphatic carbocycles. The fraction of sp³-hybridized carbons (Fsp3) is 0.318. The van der Waals surface area contributed by atoms with Crippen LogP contribution in [0.3, 0.4) is 0 Å². The molecule has 1 aliphatic heterocycles. The van der Waals surface area contributed by atoms with Gasteiger partial charge >= 0.3 is 0 Å². The van der Waals surface area contributed by atoms with Crippen molar-refractivity contribution in [2.45, 2.75) is 25.8 Å². The number of hydrogen-bond donors (Lipinski definition) is 2. The lowest BCUT2D eigenvalue weighted by Crippen LogP contribution is -2.33. The number of carbonyl (C=O) groups is 1. The second kappa shape index (κ2) is 9.32. The second-order valence-corrected chi connectivity index (χ2v) is 6.96. The van der Waals surface area contributed by atoms with Crippen LogP contribution in [0.1, 0.15) is 29.5 Å². The van der Waals surface area contributed by atoms with Crippen molar-refractivity contribution >= 4 is 12.0 Å². The van der Waals surface area contributed by atoms with Gasteiger partial charge in [-0.1, -0.05) is 54.6 Å². The van der Waals surface area contributed by atoms with Crippen molar-refractivity contribution in [3.63, 3.8) is 0 Å². The molecule has 136 valence electrons. The standard InChI is InChI=1S/C22H26N2O2/c25-22(23-26)11-10-18-6-8-21(9-7-18)17-24-14-12-20(13-15-24)16-19-4-2-1-3-5-19/h1-11,20,26H,12-17H2,(H,23,25)/b11-10+. The van der Waals surface area contributed by atoms with Gasteiger partial charge < -0.3 is 0 Å². The zero-order valence-corrected chi connectivity index (χ0v) is 15.0. The Bertz CT molecular complexity index is 718. The molecule has 4 nitrogen and oxygen atoms in total. The van der Waals surface area contributed by atoms with Crippen molar-refractivity contribution < 1.29 is 10.0 Å². The van der Waals surface area contributed by atoms with E-state index in [9.17, 15) is 4.79 Å². The van der Waals surface area contributed by atoms with Crippen LogP contribution in [0.25, 0.3) is 6.08 Å². The van der Waals surface area contributed by atoms with E-state index in [2.05, 4.69) is 47.4 Å². The van der Waals surface area contributed by atoms with Crippen LogP contribution in [-0.2, 0) is 17.8 Å². The summed E-state index contributed by atoms with van der Waals surface area (Å²) in [5, 5.41) is 8.48. The molecule has 0 unspecified atom stereocenters. The molecule has 3 rings (SSSR count). The first-order valence-electron chi connectivity index (χ1n) is 9.20. The van der Waals surface area contributed by atoms with Gasteiger partial charge in [-0.2, -0.15) is 0 Å². The lowest BCUT2D eigenvalue weighted by atomic mass is 9.90. The molecule has 0 aromatic heterocycles. The summed E-state index contributed by atoms with van der Waals surface area (Å²) in [6, 6.07) is 19.0. The van der Waals surface area contributed by atoms with E-state index in [0.717, 1.165) is 31.1 Å². The highest BCUT2D eigenvalue weighted by molar-refractivity contribution is 5.90. The predicted octanol–water partition coefficient (Wildman–Crippen LogP) is 3.66. The smallest absolute Gasteiger partial charge is 0.267 e. The number of hydroxylamine groups is 1. The minimum Gasteiger partial charge on any atom is -0.299 e. The lowest BCUT2D eigenvalue weighted by Gasteiger charge is -2.32. The van der Waals surface area contributed by atoms with E-state index in [0.29, 0.717) is 0 Å². The fourth-order valence-electron chi connectivity index (χ4n) is 3.50. The van der Waals surface area contributed by atoms with Gasteiger partial charge in [0.2, 0.25) is 0 Å². The number of rotatable bonds is 6. The van der Waals surface area contributed by atoms with Crippen molar-refractivity contribution in [1.82, 2.24) is 10.4 Å². The van der Waals surface area contributed by atoms with Gasteiger partial charge in [-0.15, -0.1) is 0 Å². The molecule has 2 N–H and O–H groups in total. The number of amides is 1. The molecule has 1 amide bonds. The molecule has 4 heteroatoms. The van der Waals surface area contributed by atoms with Gasteiger partial charge in [0.15, 0.2) is 0 Å². The van der Waals surface area contributed by atoms with Gasteiger partial charge in [-0.05, 0) is 61.0 Å². The average Bonchev–Trinajstić information content (AvgIpc) is 2.69. The van der Waals surface area contributed by atoms with E-state index >= 15 is 0 Å². The van der Waals surface area contributed by atoms with Crippen molar-refractivity contribution in [2.24, 2.45) is 5.92 Å². The summed E-state index contributed by atoms with van der Waals surface area (Å²) in [4.78, 5) is 13.5. The van der Waals surface area contributed by atoms with Gasteiger partial charge in [0, 0.05) is 12.6 Å². The Labute approximate surface area is 155 Å². The number of hydrogen-bond acceptors (Lipinski definition) is 3. The van der Waals surface area contributed by atoms with Crippen molar-refractivity contribution in [1.29, 1.82) is 0 Å². The van der Waals surface area contributed by atoms with Crippen LogP contribution in [0, 0.1) is 5.92 Å². The quantitative estimate of drug-likeness (QED) is 0.475. The molecular weight excluding hydrogens is 324 g/mol. The van der Waals surface area contributed by atoms with E-state index < -0.39 is 5.91 Å². The van der Waals surface area contributed by atoms with Gasteiger partial charge in [0.25, 0.3) is 5.91 Å². The Balaban J connectivity index is 1.45. The number of benzene rings is 2. The van der Waals surface area contributed by atoms with Crippen LogP contribution in [0.4, 0.5) is 0 Å². The maximum Gasteiger partial charge on any atom is 0.267 e. The van der Waals surface area contributed by atoms with E-state index in [1.54, 1.807) is 11.6 Å². The molecule has 1 aliphatic rings. The van der Waals surface area contributed by atoms with Crippen LogP contribution in [0.15, 0.2) is 60.7 Å². The Hall–Kier alpha value is -2.43. The number of nitrogens with zero attached hydrogens (tertiary/aromatic N) is 1. The van der Waals surface area contributed by atoms with Crippen LogP contribution >= 0.6 is 0 Å². The first-order valence-corrected chi connectivity index (χ1v) is 9.20. The van der Waals surface area contributed by atoms with E-state index in [-0.39, 0.29) is 0 Å². The molecule has 0 radical (unpaired) electrons. The Kier molecular flexibility index (Phi) is 6.58. The van der Waals surface area contributed by atoms with Crippen LogP contribution in [0.5, 0.6) is 0 Å². The number of piperidine rings is 1. The summed E-state index contributed by atoms with van der Waals surface area (Å²) in [5.74, 6) is 0.270. The monoisotopic (exact) mass is 350 g/mol. The summed E-state index contributed by atoms with van der Waals surface area (Å²) in [5.41, 5.74) is 5.27. The average molecular weight is 350 g/mol. The van der Waals surface area contributed by atoms with Gasteiger partial charge in [0.1, 0.15) is 0 Å². The number of carbonyl (C=O) groups excluding carboxylic acids is 1. The van der Waals surface area contributed by atoms with Crippen molar-refractivity contribution in [3.8, 4) is 0 Å². The lowest BCUT2D eigenvalue weighted by molar-refractivity contribution is -0.124. The highest BCUT2D eigenvalue weighted by Crippen LogP contribution is 2.23. The van der Waals surface area contributed by atoms with Gasteiger partial charge in [-0.3, -0.25) is 14.9 Å². The molecule has 2 aromatic rings. The molecule has 1 fully saturated rings. The van der Waals surface area contributed by atoms with Crippen molar-refractivity contribution in [3.05, 3.63) is 77.4 Å². The number of nitrogens with one attached hydrogen (secondary N) is 1. The van der Waals surface area contributed by atoms with Crippen LogP contribution in [-0.4, -0.2) is 29.1 Å². The zero-order valence-electron chi connectivity index (χ0n) is 15.0. The Morgan fingerprint density at radius 1 is 1.04 bits per heavy atom. The maximum absolute atomic E-state index is 11.0. The molecular formula is C22H26N2O2. The predicted molar refractivity (Wildman–Crippen MR) is 104 cm³/mol. The normalized spacial score (nSPS) is 16.0. The van der Waals surface area contributed by atoms with E-state index in [4.69, 9.17) is 5.21 Å². The highest BCUT2D eigenvalue weighted by atomic mass is 16.5. The molecule has 0 atom stereocenters. The summed E-state index contributed by atoms with van der Waals surface area (Å²) in [6.07, 6.45) is 6.70. The molecule has 1 saturated heterocycles. The summed E-state index contributed by atoms with van der Waals surface area (Å²) < 4.78 is 0. The third kappa shape index (κ3) is 5.55. The molecule has 0 spiro atoms. The number of likely N-dealkylation sites (tertiary alicyclic amines) is 1. The largest absolute Gasteiger partial charge is 0.299 e. The first kappa shape index (κ1) is 18.4. The molecule has 1 heterocycles. The van der Waals surface area contributed by atoms with Crippen molar-refractivity contribution in [2.75, 3.05) is 13.1 Å². The molecule has 0 bridgehead atoms. The Morgan fingerprint density at radius 3 is 2.38 bits per heavy atom.